The Morgan fingerprint density at radius 3 is 2.42 bits per heavy atom. The summed E-state index contributed by atoms with van der Waals surface area (Å²) >= 11 is 0. The van der Waals surface area contributed by atoms with Crippen LogP contribution in [0.1, 0.15) is 35.1 Å². The third-order valence-corrected chi connectivity index (χ3v) is 6.45. The summed E-state index contributed by atoms with van der Waals surface area (Å²) in [5.41, 5.74) is 6.39. The number of carbonyl (C=O) groups is 1. The number of rotatable bonds is 7. The van der Waals surface area contributed by atoms with Crippen LogP contribution in [0.2, 0.25) is 0 Å². The molecule has 0 bridgehead atoms. The van der Waals surface area contributed by atoms with Crippen LogP contribution in [-0.4, -0.2) is 19.7 Å². The molecule has 2 aliphatic rings. The van der Waals surface area contributed by atoms with Crippen molar-refractivity contribution < 1.29 is 19.0 Å². The highest BCUT2D eigenvalue weighted by molar-refractivity contribution is 5.95. The monoisotopic (exact) mass is 414 g/mol. The molecule has 0 unspecified atom stereocenters. The lowest BCUT2D eigenvalue weighted by Crippen LogP contribution is -2.22. The second-order valence-electron chi connectivity index (χ2n) is 8.53. The zero-order chi connectivity index (χ0) is 21.4. The highest BCUT2D eigenvalue weighted by Crippen LogP contribution is 2.51. The second kappa shape index (κ2) is 7.86. The molecule has 0 aromatic heterocycles. The Kier molecular flexibility index (Phi) is 5.03. The van der Waals surface area contributed by atoms with E-state index in [4.69, 9.17) is 14.2 Å². The van der Waals surface area contributed by atoms with E-state index < -0.39 is 0 Å². The lowest BCUT2D eigenvalue weighted by Gasteiger charge is -2.16. The van der Waals surface area contributed by atoms with Crippen molar-refractivity contribution in [3.05, 3.63) is 82.9 Å². The molecule has 1 aliphatic heterocycles. The van der Waals surface area contributed by atoms with E-state index in [1.807, 2.05) is 18.2 Å². The summed E-state index contributed by atoms with van der Waals surface area (Å²) in [5.74, 6) is 1.77. The van der Waals surface area contributed by atoms with Gasteiger partial charge in [-0.1, -0.05) is 48.5 Å². The maximum Gasteiger partial charge on any atom is 0.231 e. The van der Waals surface area contributed by atoms with Gasteiger partial charge in [0.1, 0.15) is 5.78 Å². The first-order chi connectivity index (χ1) is 15.1. The zero-order valence-electron chi connectivity index (χ0n) is 17.9. The van der Waals surface area contributed by atoms with Crippen LogP contribution in [0.5, 0.6) is 11.5 Å². The molecule has 0 radical (unpaired) electrons. The van der Waals surface area contributed by atoms with Crippen LogP contribution in [0, 0.1) is 6.92 Å². The molecule has 4 heteroatoms. The average molecular weight is 415 g/mol. The van der Waals surface area contributed by atoms with E-state index in [-0.39, 0.29) is 18.0 Å². The largest absolute Gasteiger partial charge is 0.454 e. The van der Waals surface area contributed by atoms with Gasteiger partial charge in [0.2, 0.25) is 6.79 Å². The molecule has 0 spiro atoms. The van der Waals surface area contributed by atoms with E-state index in [1.165, 1.54) is 11.1 Å². The Hall–Kier alpha value is -3.11. The van der Waals surface area contributed by atoms with Gasteiger partial charge in [-0.05, 0) is 65.3 Å². The highest BCUT2D eigenvalue weighted by atomic mass is 16.7. The predicted octanol–water partition coefficient (Wildman–Crippen LogP) is 5.38. The van der Waals surface area contributed by atoms with E-state index in [0.29, 0.717) is 13.0 Å². The number of Topliss-reactive ketones (excluding diaryl/α,β-unsaturated/α-hetero) is 1. The fourth-order valence-corrected chi connectivity index (χ4v) is 4.44. The minimum atomic E-state index is -0.381. The number of ether oxygens (including phenoxy) is 3. The van der Waals surface area contributed by atoms with Crippen molar-refractivity contribution in [2.45, 2.75) is 38.2 Å². The van der Waals surface area contributed by atoms with E-state index in [1.54, 1.807) is 7.11 Å². The molecular formula is C27H26O4. The fourth-order valence-electron chi connectivity index (χ4n) is 4.44. The first-order valence-corrected chi connectivity index (χ1v) is 10.7. The summed E-state index contributed by atoms with van der Waals surface area (Å²) in [4.78, 5) is 13.4. The number of methoxy groups -OCH3 is 1. The van der Waals surface area contributed by atoms with Crippen LogP contribution < -0.4 is 9.47 Å². The number of hydrogen-bond donors (Lipinski definition) is 0. The third-order valence-electron chi connectivity index (χ3n) is 6.45. The number of aryl methyl sites for hydroxylation is 1. The number of fused-ring (bicyclic) bond motifs is 1. The topological polar surface area (TPSA) is 44.8 Å². The molecule has 1 heterocycles. The van der Waals surface area contributed by atoms with Crippen LogP contribution >= 0.6 is 0 Å². The van der Waals surface area contributed by atoms with Crippen molar-refractivity contribution in [2.75, 3.05) is 13.9 Å². The summed E-state index contributed by atoms with van der Waals surface area (Å²) in [6.45, 7) is 2.97. The molecule has 3 aromatic carbocycles. The first-order valence-electron chi connectivity index (χ1n) is 10.7. The summed E-state index contributed by atoms with van der Waals surface area (Å²) in [5, 5.41) is 0. The van der Waals surface area contributed by atoms with Gasteiger partial charge in [0.05, 0.1) is 12.0 Å². The van der Waals surface area contributed by atoms with Gasteiger partial charge < -0.3 is 14.2 Å². The number of carbonyl (C=O) groups excluding carboxylic acids is 1. The number of hydrogen-bond acceptors (Lipinski definition) is 4. The van der Waals surface area contributed by atoms with Crippen molar-refractivity contribution in [1.29, 1.82) is 0 Å². The first kappa shape index (κ1) is 19.8. The molecule has 4 nitrogen and oxygen atoms in total. The third kappa shape index (κ3) is 3.72. The van der Waals surface area contributed by atoms with Crippen LogP contribution in [0.4, 0.5) is 0 Å². The van der Waals surface area contributed by atoms with Crippen molar-refractivity contribution in [1.82, 2.24) is 0 Å². The van der Waals surface area contributed by atoms with Crippen molar-refractivity contribution in [2.24, 2.45) is 0 Å². The van der Waals surface area contributed by atoms with Crippen LogP contribution in [0.3, 0.4) is 0 Å². The summed E-state index contributed by atoms with van der Waals surface area (Å²) in [6, 6.07) is 20.7. The standard InChI is InChI=1S/C27H26O4/c1-18-3-4-20(13-23(18)21-7-5-19(6-8-21)16-29-2)14-26(28)27(11-12-27)22-9-10-24-25(15-22)31-17-30-24/h3-10,13,15H,11-12,14,16-17H2,1-2H3. The maximum absolute atomic E-state index is 13.4. The normalized spacial score (nSPS) is 15.7. The average Bonchev–Trinajstić information content (AvgIpc) is 3.47. The van der Waals surface area contributed by atoms with Crippen molar-refractivity contribution >= 4 is 5.78 Å². The number of benzene rings is 3. The molecule has 0 N–H and O–H groups in total. The van der Waals surface area contributed by atoms with Gasteiger partial charge in [0.15, 0.2) is 11.5 Å². The minimum absolute atomic E-state index is 0.248. The fraction of sp³-hybridized carbons (Fsp3) is 0.296. The molecule has 0 amide bonds. The smallest absolute Gasteiger partial charge is 0.231 e. The Bertz CT molecular complexity index is 1130. The summed E-state index contributed by atoms with van der Waals surface area (Å²) < 4.78 is 16.1. The minimum Gasteiger partial charge on any atom is -0.454 e. The van der Waals surface area contributed by atoms with Gasteiger partial charge in [-0.2, -0.15) is 0 Å². The van der Waals surface area contributed by atoms with Crippen molar-refractivity contribution in [3.63, 3.8) is 0 Å². The van der Waals surface area contributed by atoms with E-state index in [9.17, 15) is 4.79 Å². The van der Waals surface area contributed by atoms with Crippen LogP contribution in [0.15, 0.2) is 60.7 Å². The van der Waals surface area contributed by atoms with Gasteiger partial charge in [-0.3, -0.25) is 4.79 Å². The quantitative estimate of drug-likeness (QED) is 0.521. The molecule has 3 aromatic rings. The maximum atomic E-state index is 13.4. The SMILES string of the molecule is COCc1ccc(-c2cc(CC(=O)C3(c4ccc5c(c4)OCO5)CC3)ccc2C)cc1. The Labute approximate surface area is 182 Å². The molecule has 1 fully saturated rings. The summed E-state index contributed by atoms with van der Waals surface area (Å²) in [7, 11) is 1.70. The van der Waals surface area contributed by atoms with Gasteiger partial charge in [0, 0.05) is 13.5 Å². The molecule has 5 rings (SSSR count). The molecular weight excluding hydrogens is 388 g/mol. The summed E-state index contributed by atoms with van der Waals surface area (Å²) in [6.07, 6.45) is 2.22. The van der Waals surface area contributed by atoms with Gasteiger partial charge in [-0.15, -0.1) is 0 Å². The van der Waals surface area contributed by atoms with Crippen molar-refractivity contribution in [3.8, 4) is 22.6 Å². The molecule has 0 saturated heterocycles. The van der Waals surface area contributed by atoms with E-state index >= 15 is 0 Å². The molecule has 158 valence electrons. The Morgan fingerprint density at radius 1 is 0.935 bits per heavy atom. The molecule has 1 aliphatic carbocycles. The Morgan fingerprint density at radius 2 is 1.68 bits per heavy atom. The lowest BCUT2D eigenvalue weighted by molar-refractivity contribution is -0.120. The van der Waals surface area contributed by atoms with E-state index in [2.05, 4.69) is 49.4 Å². The number of ketones is 1. The van der Waals surface area contributed by atoms with Crippen LogP contribution in [0.25, 0.3) is 11.1 Å². The van der Waals surface area contributed by atoms with Gasteiger partial charge in [-0.25, -0.2) is 0 Å². The molecule has 1 saturated carbocycles. The second-order valence-corrected chi connectivity index (χ2v) is 8.53. The van der Waals surface area contributed by atoms with Gasteiger partial charge >= 0.3 is 0 Å². The molecule has 0 atom stereocenters. The van der Waals surface area contributed by atoms with Gasteiger partial charge in [0.25, 0.3) is 0 Å². The zero-order valence-corrected chi connectivity index (χ0v) is 17.9. The Balaban J connectivity index is 1.38. The highest BCUT2D eigenvalue weighted by Gasteiger charge is 2.50. The molecule has 31 heavy (non-hydrogen) atoms. The van der Waals surface area contributed by atoms with E-state index in [0.717, 1.165) is 46.6 Å². The van der Waals surface area contributed by atoms with Crippen LogP contribution in [-0.2, 0) is 28.0 Å². The lowest BCUT2D eigenvalue weighted by atomic mass is 9.87. The predicted molar refractivity (Wildman–Crippen MR) is 120 cm³/mol.